The van der Waals surface area contributed by atoms with E-state index >= 15 is 0 Å². The van der Waals surface area contributed by atoms with Gasteiger partial charge in [0.15, 0.2) is 0 Å². The quantitative estimate of drug-likeness (QED) is 0.572. The van der Waals surface area contributed by atoms with Crippen molar-refractivity contribution in [3.8, 4) is 5.75 Å². The lowest BCUT2D eigenvalue weighted by atomic mass is 10.1. The summed E-state index contributed by atoms with van der Waals surface area (Å²) < 4.78 is 5.37. The number of methoxy groups -OCH3 is 1. The number of hydrogen-bond donors (Lipinski definition) is 2. The fourth-order valence-corrected chi connectivity index (χ4v) is 3.33. The first-order valence-corrected chi connectivity index (χ1v) is 10.0. The van der Waals surface area contributed by atoms with E-state index in [1.54, 1.807) is 31.4 Å². The average molecular weight is 418 g/mol. The van der Waals surface area contributed by atoms with Crippen LogP contribution in [-0.4, -0.2) is 37.4 Å². The summed E-state index contributed by atoms with van der Waals surface area (Å²) in [4.78, 5) is 27.3. The largest absolute Gasteiger partial charge is 0.496 e. The highest BCUT2D eigenvalue weighted by atomic mass is 16.5. The Morgan fingerprint density at radius 1 is 0.935 bits per heavy atom. The molecule has 0 aromatic heterocycles. The maximum absolute atomic E-state index is 12.8. The second kappa shape index (κ2) is 10.4. The maximum atomic E-state index is 12.8. The highest BCUT2D eigenvalue weighted by molar-refractivity contribution is 6.10. The molecule has 0 saturated carbocycles. The Morgan fingerprint density at radius 2 is 1.68 bits per heavy atom. The number of para-hydroxylation sites is 2. The van der Waals surface area contributed by atoms with Crippen molar-refractivity contribution in [3.63, 3.8) is 0 Å². The number of nitrogens with zero attached hydrogens (tertiary/aromatic N) is 1. The van der Waals surface area contributed by atoms with Crippen LogP contribution in [0.3, 0.4) is 0 Å². The molecule has 6 nitrogen and oxygen atoms in total. The van der Waals surface area contributed by atoms with Crippen LogP contribution in [0.2, 0.25) is 0 Å². The molecule has 0 aliphatic carbocycles. The van der Waals surface area contributed by atoms with Crippen molar-refractivity contribution in [1.82, 2.24) is 4.90 Å². The summed E-state index contributed by atoms with van der Waals surface area (Å²) in [6.45, 7) is 2.70. The van der Waals surface area contributed by atoms with Gasteiger partial charge in [-0.25, -0.2) is 0 Å². The molecular formula is C25H27N3O3. The van der Waals surface area contributed by atoms with Gasteiger partial charge in [-0.3, -0.25) is 14.5 Å². The van der Waals surface area contributed by atoms with Gasteiger partial charge in [0.1, 0.15) is 5.75 Å². The van der Waals surface area contributed by atoms with E-state index in [2.05, 4.69) is 10.6 Å². The molecule has 0 radical (unpaired) electrons. The molecular weight excluding hydrogens is 390 g/mol. The van der Waals surface area contributed by atoms with E-state index in [1.165, 1.54) is 0 Å². The Kier molecular flexibility index (Phi) is 7.40. The van der Waals surface area contributed by atoms with Gasteiger partial charge >= 0.3 is 0 Å². The molecule has 0 fully saturated rings. The van der Waals surface area contributed by atoms with Crippen LogP contribution in [0.5, 0.6) is 5.75 Å². The number of nitrogens with one attached hydrogen (secondary N) is 2. The van der Waals surface area contributed by atoms with Crippen molar-refractivity contribution >= 4 is 23.2 Å². The molecule has 0 saturated heterocycles. The second-order valence-electron chi connectivity index (χ2n) is 7.40. The molecule has 0 spiro atoms. The Morgan fingerprint density at radius 3 is 2.45 bits per heavy atom. The minimum absolute atomic E-state index is 0.173. The minimum Gasteiger partial charge on any atom is -0.496 e. The summed E-state index contributed by atoms with van der Waals surface area (Å²) in [7, 11) is 3.49. The number of likely N-dealkylation sites (N-methyl/N-ethyl adjacent to an activating group) is 1. The fraction of sp³-hybridized carbons (Fsp3) is 0.200. The zero-order chi connectivity index (χ0) is 22.2. The summed E-state index contributed by atoms with van der Waals surface area (Å²) in [6.07, 6.45) is 0. The van der Waals surface area contributed by atoms with E-state index in [1.807, 2.05) is 67.4 Å². The maximum Gasteiger partial charge on any atom is 0.257 e. The molecule has 0 aliphatic heterocycles. The normalized spacial score (nSPS) is 10.6. The second-order valence-corrected chi connectivity index (χ2v) is 7.40. The van der Waals surface area contributed by atoms with E-state index in [4.69, 9.17) is 4.74 Å². The molecule has 2 N–H and O–H groups in total. The lowest BCUT2D eigenvalue weighted by Crippen LogP contribution is -2.30. The van der Waals surface area contributed by atoms with Gasteiger partial charge in [0.25, 0.3) is 5.91 Å². The van der Waals surface area contributed by atoms with Gasteiger partial charge in [0, 0.05) is 17.8 Å². The number of rotatable bonds is 8. The number of benzene rings is 3. The van der Waals surface area contributed by atoms with E-state index in [-0.39, 0.29) is 18.4 Å². The first kappa shape index (κ1) is 22.1. The summed E-state index contributed by atoms with van der Waals surface area (Å²) in [5.74, 6) is 0.310. The molecule has 0 atom stereocenters. The van der Waals surface area contributed by atoms with E-state index in [0.29, 0.717) is 23.5 Å². The zero-order valence-corrected chi connectivity index (χ0v) is 18.0. The number of carbonyl (C=O) groups excluding carboxylic acids is 2. The number of ether oxygens (including phenoxy) is 1. The first-order valence-electron chi connectivity index (χ1n) is 10.0. The monoisotopic (exact) mass is 417 g/mol. The Labute approximate surface area is 182 Å². The Bertz CT molecular complexity index is 1070. The van der Waals surface area contributed by atoms with Crippen molar-refractivity contribution < 1.29 is 14.3 Å². The molecule has 160 valence electrons. The van der Waals surface area contributed by atoms with E-state index in [9.17, 15) is 9.59 Å². The van der Waals surface area contributed by atoms with E-state index < -0.39 is 0 Å². The van der Waals surface area contributed by atoms with Crippen molar-refractivity contribution in [2.45, 2.75) is 13.5 Å². The number of carbonyl (C=O) groups is 2. The number of amides is 2. The van der Waals surface area contributed by atoms with Crippen LogP contribution < -0.4 is 15.4 Å². The molecule has 6 heteroatoms. The topological polar surface area (TPSA) is 70.7 Å². The summed E-state index contributed by atoms with van der Waals surface area (Å²) in [5, 5.41) is 5.75. The van der Waals surface area contributed by atoms with Crippen LogP contribution in [0.15, 0.2) is 72.8 Å². The molecule has 0 heterocycles. The Balaban J connectivity index is 1.64. The molecule has 0 unspecified atom stereocenters. The molecule has 3 aromatic carbocycles. The van der Waals surface area contributed by atoms with Crippen LogP contribution in [0.4, 0.5) is 11.4 Å². The van der Waals surface area contributed by atoms with Crippen LogP contribution in [0.25, 0.3) is 0 Å². The predicted molar refractivity (Wildman–Crippen MR) is 124 cm³/mol. The van der Waals surface area contributed by atoms with Gasteiger partial charge < -0.3 is 15.4 Å². The van der Waals surface area contributed by atoms with E-state index in [0.717, 1.165) is 16.9 Å². The molecule has 2 amide bonds. The molecule has 31 heavy (non-hydrogen) atoms. The standard InChI is InChI=1S/C25H27N3O3/c1-18-9-8-11-20(15-18)26-25(30)21-12-5-6-13-22(21)27-24(29)17-28(2)16-19-10-4-7-14-23(19)31-3/h4-15H,16-17H2,1-3H3,(H,26,30)(H,27,29). The highest BCUT2D eigenvalue weighted by Gasteiger charge is 2.15. The summed E-state index contributed by atoms with van der Waals surface area (Å²) in [6, 6.07) is 22.3. The average Bonchev–Trinajstić information content (AvgIpc) is 2.74. The van der Waals surface area contributed by atoms with Crippen molar-refractivity contribution in [2.75, 3.05) is 31.3 Å². The van der Waals surface area contributed by atoms with Crippen LogP contribution >= 0.6 is 0 Å². The molecule has 0 bridgehead atoms. The zero-order valence-electron chi connectivity index (χ0n) is 18.0. The smallest absolute Gasteiger partial charge is 0.257 e. The minimum atomic E-state index is -0.274. The van der Waals surface area contributed by atoms with Crippen LogP contribution in [0.1, 0.15) is 21.5 Å². The highest BCUT2D eigenvalue weighted by Crippen LogP contribution is 2.20. The van der Waals surface area contributed by atoms with Gasteiger partial charge in [-0.1, -0.05) is 42.5 Å². The molecule has 3 rings (SSSR count). The van der Waals surface area contributed by atoms with Crippen molar-refractivity contribution in [2.24, 2.45) is 0 Å². The third-order valence-electron chi connectivity index (χ3n) is 4.77. The third kappa shape index (κ3) is 6.17. The van der Waals surface area contributed by atoms with Crippen LogP contribution in [-0.2, 0) is 11.3 Å². The SMILES string of the molecule is COc1ccccc1CN(C)CC(=O)Nc1ccccc1C(=O)Nc1cccc(C)c1. The lowest BCUT2D eigenvalue weighted by molar-refractivity contribution is -0.117. The summed E-state index contributed by atoms with van der Waals surface area (Å²) >= 11 is 0. The predicted octanol–water partition coefficient (Wildman–Crippen LogP) is 4.33. The summed E-state index contributed by atoms with van der Waals surface area (Å²) in [5.41, 5.74) is 3.64. The lowest BCUT2D eigenvalue weighted by Gasteiger charge is -2.18. The van der Waals surface area contributed by atoms with Crippen molar-refractivity contribution in [1.29, 1.82) is 0 Å². The third-order valence-corrected chi connectivity index (χ3v) is 4.77. The van der Waals surface area contributed by atoms with Crippen molar-refractivity contribution in [3.05, 3.63) is 89.5 Å². The number of anilines is 2. The number of aryl methyl sites for hydroxylation is 1. The van der Waals surface area contributed by atoms with Gasteiger partial charge in [0.05, 0.1) is 24.9 Å². The van der Waals surface area contributed by atoms with Gasteiger partial charge in [0.2, 0.25) is 5.91 Å². The Hall–Kier alpha value is -3.64. The number of hydrogen-bond acceptors (Lipinski definition) is 4. The van der Waals surface area contributed by atoms with Gasteiger partial charge in [-0.15, -0.1) is 0 Å². The molecule has 3 aromatic rings. The van der Waals surface area contributed by atoms with Gasteiger partial charge in [-0.05, 0) is 49.9 Å². The fourth-order valence-electron chi connectivity index (χ4n) is 3.33. The first-order chi connectivity index (χ1) is 15.0. The van der Waals surface area contributed by atoms with Gasteiger partial charge in [-0.2, -0.15) is 0 Å². The molecule has 0 aliphatic rings. The van der Waals surface area contributed by atoms with Crippen LogP contribution in [0, 0.1) is 6.92 Å².